The summed E-state index contributed by atoms with van der Waals surface area (Å²) in [5.41, 5.74) is -0.812. The Hall–Kier alpha value is -2.44. The van der Waals surface area contributed by atoms with Crippen LogP contribution in [0.1, 0.15) is 13.3 Å². The van der Waals surface area contributed by atoms with Gasteiger partial charge in [-0.15, -0.1) is 4.31 Å². The topological polar surface area (TPSA) is 103 Å². The van der Waals surface area contributed by atoms with Crippen LogP contribution in [0.5, 0.6) is 11.6 Å². The molecule has 0 aliphatic rings. The van der Waals surface area contributed by atoms with E-state index in [4.69, 9.17) is 16.3 Å². The van der Waals surface area contributed by atoms with Gasteiger partial charge in [-0.05, 0) is 12.5 Å². The predicted molar refractivity (Wildman–Crippen MR) is 92.7 cm³/mol. The molecule has 0 unspecified atom stereocenters. The van der Waals surface area contributed by atoms with Crippen molar-refractivity contribution in [2.75, 3.05) is 6.54 Å². The van der Waals surface area contributed by atoms with Gasteiger partial charge < -0.3 is 4.74 Å². The Morgan fingerprint density at radius 2 is 2.00 bits per heavy atom. The molecule has 0 aliphatic carbocycles. The molecule has 0 bridgehead atoms. The summed E-state index contributed by atoms with van der Waals surface area (Å²) in [6.45, 7) is 0.459. The van der Waals surface area contributed by atoms with Crippen molar-refractivity contribution in [3.63, 3.8) is 0 Å². The maximum Gasteiger partial charge on any atom is 0.473 e. The van der Waals surface area contributed by atoms with E-state index in [1.165, 1.54) is 25.3 Å². The molecule has 0 radical (unpaired) electrons. The van der Waals surface area contributed by atoms with Gasteiger partial charge >= 0.3 is 6.30 Å². The molecule has 0 aliphatic heterocycles. The minimum atomic E-state index is -5.25. The third-order valence-corrected chi connectivity index (χ3v) is 5.68. The molecule has 152 valence electrons. The van der Waals surface area contributed by atoms with E-state index in [1.807, 2.05) is 0 Å². The Balaban J connectivity index is 2.67. The fraction of sp³-hybridized carbons (Fsp3) is 0.267. The van der Waals surface area contributed by atoms with Gasteiger partial charge in [-0.25, -0.2) is 13.4 Å². The molecule has 28 heavy (non-hydrogen) atoms. The average Bonchev–Trinajstić information content (AvgIpc) is 2.60. The molecule has 2 aromatic rings. The van der Waals surface area contributed by atoms with Gasteiger partial charge in [0.1, 0.15) is 9.92 Å². The monoisotopic (exact) mass is 439 g/mol. The average molecular weight is 440 g/mol. The minimum Gasteiger partial charge on any atom is -0.437 e. The van der Waals surface area contributed by atoms with Crippen molar-refractivity contribution < 1.29 is 31.2 Å². The van der Waals surface area contributed by atoms with E-state index in [1.54, 1.807) is 6.07 Å². The van der Waals surface area contributed by atoms with Crippen LogP contribution in [0.15, 0.2) is 41.4 Å². The summed E-state index contributed by atoms with van der Waals surface area (Å²) < 4.78 is 69.5. The largest absolute Gasteiger partial charge is 0.473 e. The lowest BCUT2D eigenvalue weighted by molar-refractivity contribution is -0.385. The molecule has 13 heteroatoms. The highest BCUT2D eigenvalue weighted by molar-refractivity contribution is 7.89. The van der Waals surface area contributed by atoms with E-state index in [-0.39, 0.29) is 12.3 Å². The van der Waals surface area contributed by atoms with Gasteiger partial charge in [-0.2, -0.15) is 13.2 Å². The number of alkyl halides is 3. The number of nitro benzene ring substituents is 1. The lowest BCUT2D eigenvalue weighted by atomic mass is 10.3. The smallest absolute Gasteiger partial charge is 0.437 e. The van der Waals surface area contributed by atoms with Gasteiger partial charge in [-0.3, -0.25) is 10.1 Å². The van der Waals surface area contributed by atoms with Gasteiger partial charge in [0, 0.05) is 24.9 Å². The number of ether oxygens (including phenoxy) is 1. The third kappa shape index (κ3) is 4.69. The standard InChI is InChI=1S/C15H13ClF3N3O5S/c1-2-7-21(15(17,18)19)28(25,26)12-9-10(22(23)24)8-11(14(12)16)27-13-5-3-4-6-20-13/h3-6,8-9H,2,7H2,1H3. The number of aromatic nitrogens is 1. The van der Waals surface area contributed by atoms with Crippen LogP contribution in [0.4, 0.5) is 18.9 Å². The molecule has 2 rings (SSSR count). The summed E-state index contributed by atoms with van der Waals surface area (Å²) in [6.07, 6.45) is -4.07. The van der Waals surface area contributed by atoms with Gasteiger partial charge in [0.2, 0.25) is 5.88 Å². The summed E-state index contributed by atoms with van der Waals surface area (Å²) in [5, 5.41) is 10.4. The first-order valence-electron chi connectivity index (χ1n) is 7.65. The van der Waals surface area contributed by atoms with Crippen molar-refractivity contribution in [1.82, 2.24) is 9.29 Å². The van der Waals surface area contributed by atoms with Crippen LogP contribution in [0.2, 0.25) is 5.02 Å². The molecule has 0 atom stereocenters. The second-order valence-corrected chi connectivity index (χ2v) is 7.54. The molecule has 0 saturated carbocycles. The van der Waals surface area contributed by atoms with Crippen LogP contribution in [0.3, 0.4) is 0 Å². The van der Waals surface area contributed by atoms with Crippen LogP contribution in [0.25, 0.3) is 0 Å². The molecule has 0 amide bonds. The summed E-state index contributed by atoms with van der Waals surface area (Å²) in [7, 11) is -5.25. The zero-order valence-corrected chi connectivity index (χ0v) is 15.8. The van der Waals surface area contributed by atoms with E-state index in [0.29, 0.717) is 6.07 Å². The fourth-order valence-electron chi connectivity index (χ4n) is 2.15. The number of rotatable bonds is 7. The highest BCUT2D eigenvalue weighted by atomic mass is 35.5. The Bertz CT molecular complexity index is 971. The van der Waals surface area contributed by atoms with Crippen molar-refractivity contribution in [3.05, 3.63) is 51.7 Å². The molecule has 0 N–H and O–H groups in total. The Morgan fingerprint density at radius 1 is 1.32 bits per heavy atom. The van der Waals surface area contributed by atoms with E-state index in [0.717, 1.165) is 6.07 Å². The first-order valence-corrected chi connectivity index (χ1v) is 9.46. The van der Waals surface area contributed by atoms with Crippen molar-refractivity contribution >= 4 is 27.3 Å². The summed E-state index contributed by atoms with van der Waals surface area (Å²) in [5.74, 6) is -0.610. The summed E-state index contributed by atoms with van der Waals surface area (Å²) in [4.78, 5) is 12.9. The zero-order chi connectivity index (χ0) is 21.1. The van der Waals surface area contributed by atoms with Crippen molar-refractivity contribution in [3.8, 4) is 11.6 Å². The molecule has 0 fully saturated rings. The Labute approximate surface area is 162 Å². The van der Waals surface area contributed by atoms with E-state index in [2.05, 4.69) is 4.98 Å². The van der Waals surface area contributed by atoms with Crippen LogP contribution in [-0.2, 0) is 10.0 Å². The van der Waals surface area contributed by atoms with Crippen molar-refractivity contribution in [1.29, 1.82) is 0 Å². The molecule has 0 spiro atoms. The zero-order valence-electron chi connectivity index (χ0n) is 14.2. The Kier molecular flexibility index (Phi) is 6.47. The molecular weight excluding hydrogens is 427 g/mol. The number of pyridine rings is 1. The second-order valence-electron chi connectivity index (χ2n) is 5.33. The first-order chi connectivity index (χ1) is 13.0. The number of non-ortho nitro benzene ring substituents is 1. The van der Waals surface area contributed by atoms with E-state index in [9.17, 15) is 31.7 Å². The highest BCUT2D eigenvalue weighted by Crippen LogP contribution is 2.40. The van der Waals surface area contributed by atoms with E-state index >= 15 is 0 Å². The number of nitrogens with zero attached hydrogens (tertiary/aromatic N) is 3. The first kappa shape index (κ1) is 21.9. The molecule has 1 aromatic carbocycles. The molecule has 8 nitrogen and oxygen atoms in total. The number of benzene rings is 1. The number of sulfonamides is 1. The third-order valence-electron chi connectivity index (χ3n) is 3.33. The molecular formula is C15H13ClF3N3O5S. The normalized spacial score (nSPS) is 12.2. The number of hydrogen-bond acceptors (Lipinski definition) is 6. The lowest BCUT2D eigenvalue weighted by Crippen LogP contribution is -2.43. The molecule has 0 saturated heterocycles. The minimum absolute atomic E-state index is 0.0884. The van der Waals surface area contributed by atoms with Crippen LogP contribution >= 0.6 is 11.6 Å². The van der Waals surface area contributed by atoms with Gasteiger partial charge in [0.05, 0.1) is 11.0 Å². The van der Waals surface area contributed by atoms with Crippen molar-refractivity contribution in [2.24, 2.45) is 0 Å². The van der Waals surface area contributed by atoms with Gasteiger partial charge in [0.25, 0.3) is 15.7 Å². The Morgan fingerprint density at radius 3 is 2.50 bits per heavy atom. The molecule has 1 heterocycles. The van der Waals surface area contributed by atoms with Crippen LogP contribution in [-0.4, -0.2) is 35.5 Å². The number of nitro groups is 1. The summed E-state index contributed by atoms with van der Waals surface area (Å²) >= 11 is 5.97. The van der Waals surface area contributed by atoms with E-state index < -0.39 is 53.5 Å². The SMILES string of the molecule is CCCN(C(F)(F)F)S(=O)(=O)c1cc([N+](=O)[O-])cc(Oc2ccccn2)c1Cl. The second kappa shape index (κ2) is 8.29. The van der Waals surface area contributed by atoms with Crippen LogP contribution in [0, 0.1) is 10.1 Å². The van der Waals surface area contributed by atoms with Crippen molar-refractivity contribution in [2.45, 2.75) is 24.5 Å². The number of hydrogen-bond donors (Lipinski definition) is 0. The van der Waals surface area contributed by atoms with Gasteiger partial charge in [-0.1, -0.05) is 24.6 Å². The quantitative estimate of drug-likeness (QED) is 0.361. The predicted octanol–water partition coefficient (Wildman–Crippen LogP) is 4.36. The molecule has 1 aromatic heterocycles. The lowest BCUT2D eigenvalue weighted by Gasteiger charge is -2.24. The fourth-order valence-corrected chi connectivity index (χ4v) is 4.12. The number of halogens is 4. The summed E-state index contributed by atoms with van der Waals surface area (Å²) in [6, 6.07) is 5.66. The van der Waals surface area contributed by atoms with Gasteiger partial charge in [0.15, 0.2) is 5.75 Å². The highest BCUT2D eigenvalue weighted by Gasteiger charge is 2.47. The maximum atomic E-state index is 13.3. The maximum absolute atomic E-state index is 13.3. The van der Waals surface area contributed by atoms with Crippen LogP contribution < -0.4 is 4.74 Å².